The van der Waals surface area contributed by atoms with Gasteiger partial charge in [0, 0.05) is 71.0 Å². The second-order valence-corrected chi connectivity index (χ2v) is 13.4. The number of rotatable bonds is 8. The third-order valence-corrected chi connectivity index (χ3v) is 10.4. The number of carbonyl (C=O) groups excluding carboxylic acids is 2. The predicted molar refractivity (Wildman–Crippen MR) is 210 cm³/mol. The number of fused-ring (bicyclic) bond motifs is 10. The van der Waals surface area contributed by atoms with Gasteiger partial charge in [-0.25, -0.2) is 0 Å². The Morgan fingerprint density at radius 1 is 0.717 bits per heavy atom. The van der Waals surface area contributed by atoms with E-state index >= 15 is 0 Å². The lowest BCUT2D eigenvalue weighted by molar-refractivity contribution is -0.115. The minimum atomic E-state index is -0.884. The summed E-state index contributed by atoms with van der Waals surface area (Å²) in [7, 11) is 1.60. The van der Waals surface area contributed by atoms with Gasteiger partial charge in [-0.3, -0.25) is 9.59 Å². The molecule has 0 saturated heterocycles. The van der Waals surface area contributed by atoms with Crippen LogP contribution in [0.3, 0.4) is 0 Å². The van der Waals surface area contributed by atoms with Crippen LogP contribution in [0, 0.1) is 0 Å². The largest absolute Gasteiger partial charge is 0.374 e. The highest BCUT2D eigenvalue weighted by atomic mass is 16.5. The number of hydrogen-bond donors (Lipinski definition) is 1. The Morgan fingerprint density at radius 2 is 1.21 bits per heavy atom. The van der Waals surface area contributed by atoms with Crippen LogP contribution in [0.4, 0.5) is 0 Å². The van der Waals surface area contributed by atoms with Crippen molar-refractivity contribution in [2.24, 2.45) is 0 Å². The van der Waals surface area contributed by atoms with E-state index in [2.05, 4.69) is 93.3 Å². The number of allylic oxidation sites excluding steroid dienone is 1. The number of para-hydroxylation sites is 2. The summed E-state index contributed by atoms with van der Waals surface area (Å²) in [4.78, 5) is 26.8. The fourth-order valence-electron chi connectivity index (χ4n) is 7.85. The number of likely N-dealkylation sites (N-methyl/N-ethyl adjacent to an activating group) is 1. The van der Waals surface area contributed by atoms with Crippen LogP contribution in [0.1, 0.15) is 34.2 Å². The third-order valence-electron chi connectivity index (χ3n) is 10.4. The Bertz CT molecular complexity index is 2310. The quantitative estimate of drug-likeness (QED) is 0.128. The number of amides is 1. The number of aryl methyl sites for hydroxylation is 1. The van der Waals surface area contributed by atoms with Crippen LogP contribution in [0.5, 0.6) is 0 Å². The van der Waals surface area contributed by atoms with Crippen LogP contribution in [0.2, 0.25) is 0 Å². The first kappa shape index (κ1) is 34.1. The van der Waals surface area contributed by atoms with Gasteiger partial charge in [-0.15, -0.1) is 0 Å². The number of aromatic nitrogens is 2. The van der Waals surface area contributed by atoms with E-state index in [0.717, 1.165) is 44.8 Å². The van der Waals surface area contributed by atoms with Gasteiger partial charge >= 0.3 is 0 Å². The average Bonchev–Trinajstić information content (AvgIpc) is 3.77. The number of carbonyl (C=O) groups is 2. The van der Waals surface area contributed by atoms with E-state index in [9.17, 15) is 9.59 Å². The van der Waals surface area contributed by atoms with E-state index in [4.69, 9.17) is 9.47 Å². The summed E-state index contributed by atoms with van der Waals surface area (Å²) >= 11 is 0. The zero-order chi connectivity index (χ0) is 36.2. The van der Waals surface area contributed by atoms with Gasteiger partial charge in [0.15, 0.2) is 6.29 Å². The van der Waals surface area contributed by atoms with E-state index in [1.807, 2.05) is 73.1 Å². The molecule has 0 fully saturated rings. The highest BCUT2D eigenvalue weighted by Crippen LogP contribution is 2.41. The Balaban J connectivity index is 1.25. The van der Waals surface area contributed by atoms with Crippen molar-refractivity contribution in [1.29, 1.82) is 0 Å². The number of ether oxygens (including phenoxy) is 2. The highest BCUT2D eigenvalue weighted by Gasteiger charge is 2.38. The van der Waals surface area contributed by atoms with Gasteiger partial charge in [0.2, 0.25) is 0 Å². The van der Waals surface area contributed by atoms with E-state index in [0.29, 0.717) is 55.0 Å². The molecule has 0 spiro atoms. The normalized spacial score (nSPS) is 16.7. The number of benzene rings is 5. The maximum Gasteiger partial charge on any atom is 0.252 e. The molecule has 0 saturated carbocycles. The van der Waals surface area contributed by atoms with Crippen molar-refractivity contribution in [3.63, 3.8) is 0 Å². The monoisotopic (exact) mass is 699 g/mol. The molecule has 1 atom stereocenters. The zero-order valence-electron chi connectivity index (χ0n) is 29.7. The van der Waals surface area contributed by atoms with E-state index in [-0.39, 0.29) is 12.0 Å². The fourth-order valence-corrected chi connectivity index (χ4v) is 7.85. The molecule has 0 aliphatic carbocycles. The summed E-state index contributed by atoms with van der Waals surface area (Å²) < 4.78 is 18.3. The van der Waals surface area contributed by atoms with Gasteiger partial charge in [-0.05, 0) is 35.2 Å². The van der Waals surface area contributed by atoms with Crippen molar-refractivity contribution in [2.45, 2.75) is 31.2 Å². The van der Waals surface area contributed by atoms with Crippen molar-refractivity contribution in [3.8, 4) is 0 Å². The molecule has 4 bridgehead atoms. The fraction of sp³-hybridized carbons (Fsp3) is 0.174. The van der Waals surface area contributed by atoms with Crippen molar-refractivity contribution in [3.05, 3.63) is 180 Å². The highest BCUT2D eigenvalue weighted by molar-refractivity contribution is 6.38. The third kappa shape index (κ3) is 6.28. The van der Waals surface area contributed by atoms with E-state index in [1.54, 1.807) is 7.05 Å². The van der Waals surface area contributed by atoms with Crippen LogP contribution < -0.4 is 5.32 Å². The molecule has 7 nitrogen and oxygen atoms in total. The SMILES string of the molecule is CNC(=O)/C1=C(\C=O)c2cn(c3ccccc23)CCC(COC(c2ccccc2)(c2ccccc2)c2ccccc2)OCCn2cc1c1ccccc12. The molecule has 53 heavy (non-hydrogen) atoms. The summed E-state index contributed by atoms with van der Waals surface area (Å²) in [6.07, 6.45) is 5.17. The minimum absolute atomic E-state index is 0.276. The van der Waals surface area contributed by atoms with Crippen molar-refractivity contribution in [2.75, 3.05) is 20.3 Å². The molecule has 1 N–H and O–H groups in total. The summed E-state index contributed by atoms with van der Waals surface area (Å²) in [5.41, 5.74) is 6.27. The van der Waals surface area contributed by atoms with Crippen molar-refractivity contribution < 1.29 is 19.1 Å². The van der Waals surface area contributed by atoms with Crippen LogP contribution in [-0.4, -0.2) is 47.7 Å². The van der Waals surface area contributed by atoms with Gasteiger partial charge < -0.3 is 23.9 Å². The summed E-state index contributed by atoms with van der Waals surface area (Å²) in [5.74, 6) is -0.314. The maximum atomic E-state index is 13.7. The summed E-state index contributed by atoms with van der Waals surface area (Å²) in [5, 5.41) is 4.60. The molecule has 0 radical (unpaired) electrons. The molecule has 3 heterocycles. The Labute approximate surface area is 309 Å². The molecule has 1 aliphatic rings. The molecular formula is C46H41N3O4. The number of aldehydes is 1. The lowest BCUT2D eigenvalue weighted by atomic mass is 9.80. The second-order valence-electron chi connectivity index (χ2n) is 13.4. The molecule has 8 rings (SSSR count). The first-order valence-corrected chi connectivity index (χ1v) is 18.1. The van der Waals surface area contributed by atoms with Gasteiger partial charge in [0.25, 0.3) is 5.91 Å². The van der Waals surface area contributed by atoms with Gasteiger partial charge in [-0.2, -0.15) is 0 Å². The lowest BCUT2D eigenvalue weighted by Crippen LogP contribution is -2.37. The smallest absolute Gasteiger partial charge is 0.252 e. The van der Waals surface area contributed by atoms with E-state index < -0.39 is 5.60 Å². The molecule has 1 unspecified atom stereocenters. The summed E-state index contributed by atoms with van der Waals surface area (Å²) in [6, 6.07) is 47.2. The van der Waals surface area contributed by atoms with Crippen LogP contribution in [-0.2, 0) is 37.8 Å². The van der Waals surface area contributed by atoms with Crippen LogP contribution >= 0.6 is 0 Å². The molecule has 1 amide bonds. The summed E-state index contributed by atoms with van der Waals surface area (Å²) in [6.45, 7) is 1.89. The Hall–Kier alpha value is -6.02. The molecule has 1 aliphatic heterocycles. The first-order chi connectivity index (χ1) is 26.1. The molecular weight excluding hydrogens is 659 g/mol. The standard InChI is InChI=1S/C46H41N3O4/c1-47-45(51)44-40-30-49(43-24-14-12-22-38(40)43)27-28-52-36(25-26-48-29-39(41(44)31-50)37-21-11-13-23-42(37)48)32-53-46(33-15-5-2-6-16-33,34-17-7-3-8-18-34)35-19-9-4-10-20-35/h2-24,29-31,36H,25-28,32H2,1H3,(H,47,51)/b44-41+. The van der Waals surface area contributed by atoms with Crippen LogP contribution in [0.25, 0.3) is 33.0 Å². The first-order valence-electron chi connectivity index (χ1n) is 18.1. The predicted octanol–water partition coefficient (Wildman–Crippen LogP) is 8.25. The van der Waals surface area contributed by atoms with Crippen molar-refractivity contribution >= 4 is 45.1 Å². The zero-order valence-corrected chi connectivity index (χ0v) is 29.7. The lowest BCUT2D eigenvalue weighted by Gasteiger charge is -2.37. The topological polar surface area (TPSA) is 74.5 Å². The van der Waals surface area contributed by atoms with Crippen molar-refractivity contribution in [1.82, 2.24) is 14.5 Å². The van der Waals surface area contributed by atoms with Gasteiger partial charge in [-0.1, -0.05) is 127 Å². The maximum absolute atomic E-state index is 13.7. The van der Waals surface area contributed by atoms with E-state index in [1.165, 1.54) is 0 Å². The number of nitrogens with zero attached hydrogens (tertiary/aromatic N) is 2. The van der Waals surface area contributed by atoms with Gasteiger partial charge in [0.1, 0.15) is 5.60 Å². The molecule has 2 aromatic heterocycles. The number of hydrogen-bond acceptors (Lipinski definition) is 4. The van der Waals surface area contributed by atoms with Gasteiger partial charge in [0.05, 0.1) is 24.9 Å². The number of nitrogens with one attached hydrogen (secondary N) is 1. The molecule has 264 valence electrons. The second kappa shape index (κ2) is 14.9. The average molecular weight is 700 g/mol. The van der Waals surface area contributed by atoms with Crippen LogP contribution in [0.15, 0.2) is 152 Å². The Kier molecular flexibility index (Phi) is 9.59. The Morgan fingerprint density at radius 3 is 1.75 bits per heavy atom. The molecule has 5 aromatic carbocycles. The minimum Gasteiger partial charge on any atom is -0.374 e. The molecule has 7 heteroatoms. The molecule has 7 aromatic rings.